The van der Waals surface area contributed by atoms with Gasteiger partial charge in [-0.25, -0.2) is 0 Å². The van der Waals surface area contributed by atoms with E-state index in [0.29, 0.717) is 27.0 Å². The lowest BCUT2D eigenvalue weighted by Gasteiger charge is -1.86. The molecule has 0 bridgehead atoms. The molecule has 0 saturated carbocycles. The van der Waals surface area contributed by atoms with Gasteiger partial charge in [0.05, 0.1) is 10.4 Å². The fraction of sp³-hybridized carbons (Fsp3) is 0.250. The highest BCUT2D eigenvalue weighted by molar-refractivity contribution is 7.66. The normalized spacial score (nSPS) is 11.3. The van der Waals surface area contributed by atoms with Crippen molar-refractivity contribution in [1.82, 2.24) is 0 Å². The minimum atomic E-state index is -0.262. The minimum absolute atomic E-state index is 0.262. The smallest absolute Gasteiger partial charge is 0.192 e. The lowest BCUT2D eigenvalue weighted by molar-refractivity contribution is 0.601. The summed E-state index contributed by atoms with van der Waals surface area (Å²) in [6, 6.07) is 5.45. The number of thiophene rings is 1. The average Bonchev–Trinajstić information content (AvgIpc) is 2.59. The Bertz CT molecular complexity index is 411. The number of rotatable bonds is 2. The fourth-order valence-electron chi connectivity index (χ4n) is 0.893. The molecule has 1 aromatic heterocycles. The summed E-state index contributed by atoms with van der Waals surface area (Å²) in [4.78, 5) is 1.17. The zero-order chi connectivity index (χ0) is 9.84. The molecule has 1 heterocycles. The van der Waals surface area contributed by atoms with Crippen LogP contribution >= 0.6 is 11.3 Å². The zero-order valence-corrected chi connectivity index (χ0v) is 8.41. The Hall–Kier alpha value is -1.30. The molecule has 13 heavy (non-hydrogen) atoms. The summed E-state index contributed by atoms with van der Waals surface area (Å²) in [7, 11) is 0. The van der Waals surface area contributed by atoms with Crippen molar-refractivity contribution >= 4 is 23.0 Å². The second kappa shape index (κ2) is 4.08. The van der Waals surface area contributed by atoms with Crippen LogP contribution in [0.3, 0.4) is 0 Å². The van der Waals surface area contributed by atoms with Crippen LogP contribution in [0.1, 0.15) is 27.5 Å². The number of nitrogens with zero attached hydrogens (tertiary/aromatic N) is 2. The van der Waals surface area contributed by atoms with E-state index in [0.717, 1.165) is 0 Å². The van der Waals surface area contributed by atoms with Gasteiger partial charge in [-0.1, -0.05) is 0 Å². The third-order valence-electron chi connectivity index (χ3n) is 1.51. The number of nitriles is 2. The van der Waals surface area contributed by atoms with E-state index in [2.05, 4.69) is 0 Å². The van der Waals surface area contributed by atoms with Crippen molar-refractivity contribution < 1.29 is 4.21 Å². The molecule has 0 aliphatic heterocycles. The Balaban J connectivity index is 3.22. The number of hydrogen-bond acceptors (Lipinski definition) is 4. The summed E-state index contributed by atoms with van der Waals surface area (Å²) in [6.07, 6.45) is 0. The van der Waals surface area contributed by atoms with Crippen LogP contribution in [0.5, 0.6) is 0 Å². The maximum Gasteiger partial charge on any atom is 0.467 e. The molecule has 0 aliphatic rings. The molecule has 1 unspecified atom stereocenters. The lowest BCUT2D eigenvalue weighted by atomic mass is 10.2. The van der Waals surface area contributed by atoms with Crippen LogP contribution in [0.2, 0.25) is 0 Å². The molecule has 64 valence electrons. The molecule has 1 aromatic rings. The zero-order valence-electron chi connectivity index (χ0n) is 6.77. The number of hydrogen-bond donors (Lipinski definition) is 0. The van der Waals surface area contributed by atoms with Crippen molar-refractivity contribution in [2.75, 3.05) is 0 Å². The van der Waals surface area contributed by atoms with E-state index in [9.17, 15) is 4.21 Å². The largest absolute Gasteiger partial charge is 0.467 e. The first-order valence-corrected chi connectivity index (χ1v) is 5.07. The van der Waals surface area contributed by atoms with Gasteiger partial charge in [0.15, 0.2) is 0 Å². The molecular weight excluding hydrogens is 204 g/mol. The summed E-state index contributed by atoms with van der Waals surface area (Å²) < 4.78 is 10.5. The van der Waals surface area contributed by atoms with Crippen molar-refractivity contribution in [2.45, 2.75) is 12.2 Å². The van der Waals surface area contributed by atoms with Crippen LogP contribution in [0.15, 0.2) is 6.07 Å². The highest BCUT2D eigenvalue weighted by Crippen LogP contribution is 2.28. The highest BCUT2D eigenvalue weighted by Gasteiger charge is 2.24. The van der Waals surface area contributed by atoms with Gasteiger partial charge in [0.1, 0.15) is 17.0 Å². The molecule has 0 aliphatic carbocycles. The van der Waals surface area contributed by atoms with Crippen molar-refractivity contribution in [3.05, 3.63) is 21.4 Å². The first-order valence-electron chi connectivity index (χ1n) is 3.45. The summed E-state index contributed by atoms with van der Waals surface area (Å²) in [6.45, 7) is 1.73. The second-order valence-corrected chi connectivity index (χ2v) is 4.33. The standard InChI is InChI=1S/C8H5N2OS2/c1-5(13-11)8-6(3-9)2-7(4-10)12-8/h2,5H,1H3/q+1. The third-order valence-corrected chi connectivity index (χ3v) is 3.40. The molecule has 0 fully saturated rings. The van der Waals surface area contributed by atoms with Gasteiger partial charge < -0.3 is 0 Å². The Labute approximate surface area is 83.7 Å². The van der Waals surface area contributed by atoms with E-state index in [1.165, 1.54) is 17.4 Å². The summed E-state index contributed by atoms with van der Waals surface area (Å²) in [5.41, 5.74) is 0.442. The quantitative estimate of drug-likeness (QED) is 0.699. The molecular formula is C8H5N2OS2+. The fourth-order valence-corrected chi connectivity index (χ4v) is 2.21. The molecule has 0 aromatic carbocycles. The van der Waals surface area contributed by atoms with E-state index >= 15 is 0 Å². The second-order valence-electron chi connectivity index (χ2n) is 2.35. The van der Waals surface area contributed by atoms with Gasteiger partial charge in [0.25, 0.3) is 5.25 Å². The van der Waals surface area contributed by atoms with Crippen LogP contribution in [0.25, 0.3) is 0 Å². The van der Waals surface area contributed by atoms with Gasteiger partial charge in [-0.05, 0) is 6.07 Å². The van der Waals surface area contributed by atoms with Gasteiger partial charge >= 0.3 is 11.7 Å². The van der Waals surface area contributed by atoms with Crippen molar-refractivity contribution in [3.8, 4) is 12.1 Å². The Morgan fingerprint density at radius 3 is 2.69 bits per heavy atom. The third kappa shape index (κ3) is 1.89. The first kappa shape index (κ1) is 9.79. The molecule has 0 radical (unpaired) electrons. The van der Waals surface area contributed by atoms with Crippen molar-refractivity contribution in [2.24, 2.45) is 0 Å². The molecule has 1 rings (SSSR count). The summed E-state index contributed by atoms with van der Waals surface area (Å²) in [5.74, 6) is 0. The predicted octanol–water partition coefficient (Wildman–Crippen LogP) is 1.98. The molecule has 1 atom stereocenters. The maximum absolute atomic E-state index is 10.5. The predicted molar refractivity (Wildman–Crippen MR) is 50.2 cm³/mol. The molecule has 0 N–H and O–H groups in total. The molecule has 3 nitrogen and oxygen atoms in total. The van der Waals surface area contributed by atoms with Crippen LogP contribution in [0, 0.1) is 22.7 Å². The maximum atomic E-state index is 10.5. The van der Waals surface area contributed by atoms with Crippen molar-refractivity contribution in [3.63, 3.8) is 0 Å². The summed E-state index contributed by atoms with van der Waals surface area (Å²) >= 11 is 1.64. The van der Waals surface area contributed by atoms with E-state index in [4.69, 9.17) is 10.5 Å². The van der Waals surface area contributed by atoms with Gasteiger partial charge in [-0.15, -0.1) is 11.3 Å². The van der Waals surface area contributed by atoms with E-state index in [-0.39, 0.29) is 5.25 Å². The van der Waals surface area contributed by atoms with Crippen LogP contribution < -0.4 is 0 Å². The van der Waals surface area contributed by atoms with Gasteiger partial charge in [0, 0.05) is 11.1 Å². The molecule has 0 saturated heterocycles. The van der Waals surface area contributed by atoms with Gasteiger partial charge in [-0.3, -0.25) is 0 Å². The van der Waals surface area contributed by atoms with Crippen LogP contribution in [-0.2, 0) is 15.9 Å². The average molecular weight is 209 g/mol. The van der Waals surface area contributed by atoms with Crippen LogP contribution in [-0.4, -0.2) is 0 Å². The Morgan fingerprint density at radius 1 is 1.54 bits per heavy atom. The van der Waals surface area contributed by atoms with Gasteiger partial charge in [0.2, 0.25) is 0 Å². The molecule has 0 amide bonds. The lowest BCUT2D eigenvalue weighted by Crippen LogP contribution is -1.88. The van der Waals surface area contributed by atoms with Crippen molar-refractivity contribution in [1.29, 1.82) is 10.5 Å². The highest BCUT2D eigenvalue weighted by atomic mass is 32.1. The van der Waals surface area contributed by atoms with Crippen LogP contribution in [0.4, 0.5) is 0 Å². The van der Waals surface area contributed by atoms with Gasteiger partial charge in [-0.2, -0.15) is 10.5 Å². The SMILES string of the molecule is CC([S+]=O)c1sc(C#N)cc1C#N. The van der Waals surface area contributed by atoms with E-state index < -0.39 is 0 Å². The Morgan fingerprint density at radius 2 is 2.23 bits per heavy atom. The molecule has 5 heteroatoms. The molecule has 0 spiro atoms. The monoisotopic (exact) mass is 209 g/mol. The topological polar surface area (TPSA) is 64.7 Å². The minimum Gasteiger partial charge on any atom is -0.192 e. The van der Waals surface area contributed by atoms with E-state index in [1.807, 2.05) is 12.1 Å². The van der Waals surface area contributed by atoms with E-state index in [1.54, 1.807) is 6.92 Å². The first-order chi connectivity index (χ1) is 6.22. The summed E-state index contributed by atoms with van der Waals surface area (Å²) in [5, 5.41) is 17.0. The Kier molecular flexibility index (Phi) is 3.07.